The van der Waals surface area contributed by atoms with Crippen LogP contribution in [0.4, 0.5) is 0 Å². The molecule has 154 valence electrons. The van der Waals surface area contributed by atoms with Crippen LogP contribution in [-0.2, 0) is 4.79 Å². The van der Waals surface area contributed by atoms with Gasteiger partial charge in [0.15, 0.2) is 11.6 Å². The Kier molecular flexibility index (Phi) is 6.28. The lowest BCUT2D eigenvalue weighted by molar-refractivity contribution is -0.131. The highest BCUT2D eigenvalue weighted by atomic mass is 32.2. The zero-order valence-electron chi connectivity index (χ0n) is 16.7. The molecule has 7 heteroatoms. The topological polar surface area (TPSA) is 75.4 Å². The molecule has 3 heterocycles. The van der Waals surface area contributed by atoms with E-state index < -0.39 is 0 Å². The van der Waals surface area contributed by atoms with Crippen LogP contribution in [0.2, 0.25) is 0 Å². The summed E-state index contributed by atoms with van der Waals surface area (Å²) in [4.78, 5) is 31.6. The number of amides is 2. The molecular formula is C21H31N3O3S. The van der Waals surface area contributed by atoms with E-state index in [0.29, 0.717) is 29.8 Å². The zero-order chi connectivity index (χ0) is 19.5. The van der Waals surface area contributed by atoms with E-state index in [1.807, 2.05) is 16.7 Å². The second kappa shape index (κ2) is 8.89. The maximum Gasteiger partial charge on any atom is 0.273 e. The number of nitrogens with one attached hydrogen (secondary N) is 1. The first-order valence-corrected chi connectivity index (χ1v) is 12.1. The largest absolute Gasteiger partial charge is 0.448 e. The molecule has 1 N–H and O–H groups in total. The summed E-state index contributed by atoms with van der Waals surface area (Å²) in [5.41, 5.74) is 0.377. The number of thioether (sulfide) groups is 1. The number of fused-ring (bicyclic) bond motifs is 1. The third kappa shape index (κ3) is 4.09. The molecule has 0 unspecified atom stereocenters. The molecule has 4 fully saturated rings. The van der Waals surface area contributed by atoms with Crippen LogP contribution in [-0.4, -0.2) is 52.3 Å². The van der Waals surface area contributed by atoms with Gasteiger partial charge in [0, 0.05) is 24.8 Å². The number of nitrogens with zero attached hydrogens (tertiary/aromatic N) is 2. The molecule has 28 heavy (non-hydrogen) atoms. The number of aromatic nitrogens is 1. The fraction of sp³-hybridized carbons (Fsp3) is 0.762. The molecule has 6 nitrogen and oxygen atoms in total. The van der Waals surface area contributed by atoms with Crippen LogP contribution in [0.25, 0.3) is 0 Å². The van der Waals surface area contributed by atoms with Gasteiger partial charge in [0.2, 0.25) is 5.91 Å². The van der Waals surface area contributed by atoms with Gasteiger partial charge < -0.3 is 14.6 Å². The lowest BCUT2D eigenvalue weighted by Gasteiger charge is -2.36. The van der Waals surface area contributed by atoms with Crippen LogP contribution in [0.3, 0.4) is 0 Å². The minimum absolute atomic E-state index is 0.0671. The number of rotatable bonds is 8. The fourth-order valence-electron chi connectivity index (χ4n) is 4.94. The van der Waals surface area contributed by atoms with Gasteiger partial charge in [-0.3, -0.25) is 9.59 Å². The van der Waals surface area contributed by atoms with Gasteiger partial charge in [-0.25, -0.2) is 4.98 Å². The number of hydrogen-bond donors (Lipinski definition) is 1. The second-order valence-electron chi connectivity index (χ2n) is 8.46. The highest BCUT2D eigenvalue weighted by Gasteiger charge is 2.54. The molecule has 0 aromatic carbocycles. The Morgan fingerprint density at radius 2 is 2.11 bits per heavy atom. The van der Waals surface area contributed by atoms with Crippen LogP contribution in [0.15, 0.2) is 10.7 Å². The van der Waals surface area contributed by atoms with Crippen molar-refractivity contribution in [1.29, 1.82) is 0 Å². The van der Waals surface area contributed by atoms with E-state index in [-0.39, 0.29) is 23.9 Å². The molecule has 4 aliphatic rings. The molecule has 2 aliphatic carbocycles. The van der Waals surface area contributed by atoms with Crippen LogP contribution in [0.1, 0.15) is 80.1 Å². The van der Waals surface area contributed by atoms with Gasteiger partial charge >= 0.3 is 0 Å². The maximum absolute atomic E-state index is 12.6. The van der Waals surface area contributed by atoms with E-state index in [2.05, 4.69) is 16.6 Å². The monoisotopic (exact) mass is 405 g/mol. The lowest BCUT2D eigenvalue weighted by atomic mass is 9.80. The summed E-state index contributed by atoms with van der Waals surface area (Å²) >= 11 is 1.82. The molecule has 2 saturated carbocycles. The van der Waals surface area contributed by atoms with Crippen LogP contribution < -0.4 is 5.32 Å². The molecule has 2 saturated heterocycles. The average molecular weight is 406 g/mol. The van der Waals surface area contributed by atoms with Crippen molar-refractivity contribution in [1.82, 2.24) is 15.2 Å². The van der Waals surface area contributed by atoms with Crippen LogP contribution >= 0.6 is 11.8 Å². The summed E-state index contributed by atoms with van der Waals surface area (Å²) in [7, 11) is 0. The molecule has 0 spiro atoms. The third-order valence-electron chi connectivity index (χ3n) is 6.61. The molecular weight excluding hydrogens is 374 g/mol. The van der Waals surface area contributed by atoms with E-state index in [4.69, 9.17) is 4.42 Å². The second-order valence-corrected chi connectivity index (χ2v) is 9.45. The number of carbonyl (C=O) groups excluding carboxylic acids is 2. The Hall–Kier alpha value is -1.50. The summed E-state index contributed by atoms with van der Waals surface area (Å²) in [6.45, 7) is 0.781. The van der Waals surface area contributed by atoms with Gasteiger partial charge in [-0.15, -0.1) is 0 Å². The van der Waals surface area contributed by atoms with Crippen molar-refractivity contribution in [3.05, 3.63) is 17.8 Å². The molecule has 2 bridgehead atoms. The van der Waals surface area contributed by atoms with Gasteiger partial charge in [0.25, 0.3) is 5.91 Å². The Balaban J connectivity index is 1.28. The minimum atomic E-state index is -0.167. The van der Waals surface area contributed by atoms with Gasteiger partial charge in [-0.05, 0) is 44.1 Å². The van der Waals surface area contributed by atoms with E-state index >= 15 is 0 Å². The van der Waals surface area contributed by atoms with Crippen molar-refractivity contribution in [2.75, 3.05) is 18.6 Å². The molecule has 1 aromatic heterocycles. The fourth-order valence-corrected chi connectivity index (χ4v) is 5.43. The Morgan fingerprint density at radius 3 is 2.89 bits per heavy atom. The van der Waals surface area contributed by atoms with Crippen molar-refractivity contribution < 1.29 is 14.0 Å². The number of hydrogen-bond acceptors (Lipinski definition) is 5. The third-order valence-corrected chi connectivity index (χ3v) is 7.31. The first-order chi connectivity index (χ1) is 13.7. The quantitative estimate of drug-likeness (QED) is 0.669. The van der Waals surface area contributed by atoms with Gasteiger partial charge in [0.1, 0.15) is 6.26 Å². The lowest BCUT2D eigenvalue weighted by Crippen LogP contribution is -2.55. The normalized spacial score (nSPS) is 26.9. The first kappa shape index (κ1) is 19.8. The van der Waals surface area contributed by atoms with E-state index in [9.17, 15) is 9.59 Å². The predicted octanol–water partition coefficient (Wildman–Crippen LogP) is 3.58. The van der Waals surface area contributed by atoms with Crippen molar-refractivity contribution >= 4 is 23.6 Å². The van der Waals surface area contributed by atoms with Crippen LogP contribution in [0.5, 0.6) is 0 Å². The summed E-state index contributed by atoms with van der Waals surface area (Å²) < 4.78 is 5.61. The number of unbranched alkanes of at least 4 members (excludes halogenated alkanes) is 1. The van der Waals surface area contributed by atoms with Crippen molar-refractivity contribution in [2.24, 2.45) is 5.92 Å². The molecule has 1 aromatic rings. The van der Waals surface area contributed by atoms with Crippen molar-refractivity contribution in [3.8, 4) is 0 Å². The van der Waals surface area contributed by atoms with Gasteiger partial charge in [-0.1, -0.05) is 19.3 Å². The standard InChI is InChI=1S/C21H31N3O3S/c1-28-10-6-5-9-18(25)24-12-15-11-17(24)19(15)23-20(26)16-13-27-21(22-16)14-7-3-2-4-8-14/h13-15,17,19H,2-12H2,1H3,(H,23,26)/t15-,17-,19+/m0/s1. The van der Waals surface area contributed by atoms with Crippen LogP contribution in [0, 0.1) is 5.92 Å². The number of carbonyl (C=O) groups is 2. The van der Waals surface area contributed by atoms with Crippen molar-refractivity contribution in [2.45, 2.75) is 75.8 Å². The molecule has 3 atom stereocenters. The van der Waals surface area contributed by atoms with Gasteiger partial charge in [0.05, 0.1) is 12.1 Å². The Morgan fingerprint density at radius 1 is 1.29 bits per heavy atom. The summed E-state index contributed by atoms with van der Waals surface area (Å²) in [5, 5.41) is 3.11. The number of oxazole rings is 1. The minimum Gasteiger partial charge on any atom is -0.448 e. The van der Waals surface area contributed by atoms with E-state index in [1.54, 1.807) is 0 Å². The first-order valence-electron chi connectivity index (χ1n) is 10.7. The SMILES string of the molecule is CSCCCCC(=O)N1C[C@@H]2C[C@H]1[C@@H]2NC(=O)c1coc(C2CCCCC2)n1. The summed E-state index contributed by atoms with van der Waals surface area (Å²) in [5.74, 6) is 2.64. The average Bonchev–Trinajstić information content (AvgIpc) is 3.44. The highest BCUT2D eigenvalue weighted by molar-refractivity contribution is 7.98. The molecule has 5 rings (SSSR count). The zero-order valence-corrected chi connectivity index (χ0v) is 17.5. The summed E-state index contributed by atoms with van der Waals surface area (Å²) in [6, 6.07) is 0.226. The van der Waals surface area contributed by atoms with E-state index in [1.165, 1.54) is 25.5 Å². The van der Waals surface area contributed by atoms with Gasteiger partial charge in [-0.2, -0.15) is 11.8 Å². The van der Waals surface area contributed by atoms with Crippen molar-refractivity contribution in [3.63, 3.8) is 0 Å². The Labute approximate surface area is 171 Å². The summed E-state index contributed by atoms with van der Waals surface area (Å²) in [6.07, 6.45) is 13.2. The molecule has 2 aliphatic heterocycles. The molecule has 0 radical (unpaired) electrons. The Bertz CT molecular complexity index is 701. The van der Waals surface area contributed by atoms with E-state index in [0.717, 1.165) is 44.4 Å². The maximum atomic E-state index is 12.6. The molecule has 2 amide bonds. The smallest absolute Gasteiger partial charge is 0.273 e. The highest BCUT2D eigenvalue weighted by Crippen LogP contribution is 2.41. The predicted molar refractivity (Wildman–Crippen MR) is 109 cm³/mol.